The van der Waals surface area contributed by atoms with Gasteiger partial charge in [0, 0.05) is 11.9 Å². The minimum absolute atomic E-state index is 0.0374. The molecule has 1 aliphatic carbocycles. The molecule has 0 aromatic heterocycles. The van der Waals surface area contributed by atoms with Crippen molar-refractivity contribution in [3.8, 4) is 0 Å². The molecule has 0 unspecified atom stereocenters. The Balaban J connectivity index is 2.25. The van der Waals surface area contributed by atoms with Gasteiger partial charge in [-0.25, -0.2) is 0 Å². The van der Waals surface area contributed by atoms with E-state index in [1.807, 2.05) is 0 Å². The second-order valence-electron chi connectivity index (χ2n) is 5.25. The molecule has 0 saturated heterocycles. The molecule has 1 aliphatic rings. The van der Waals surface area contributed by atoms with Gasteiger partial charge in [-0.05, 0) is 26.7 Å². The number of rotatable bonds is 5. The molecule has 1 saturated carbocycles. The van der Waals surface area contributed by atoms with Crippen molar-refractivity contribution in [2.75, 3.05) is 12.4 Å². The van der Waals surface area contributed by atoms with Crippen LogP contribution in [0.25, 0.3) is 0 Å². The Morgan fingerprint density at radius 1 is 1.29 bits per heavy atom. The molecule has 0 aliphatic heterocycles. The van der Waals surface area contributed by atoms with E-state index in [9.17, 15) is 9.59 Å². The summed E-state index contributed by atoms with van der Waals surface area (Å²) in [6, 6.07) is 0.292. The third-order valence-corrected chi connectivity index (χ3v) is 3.75. The van der Waals surface area contributed by atoms with E-state index in [0.29, 0.717) is 6.04 Å². The van der Waals surface area contributed by atoms with Gasteiger partial charge >= 0.3 is 0 Å². The molecule has 4 nitrogen and oxygen atoms in total. The summed E-state index contributed by atoms with van der Waals surface area (Å²) >= 11 is 5.68. The lowest BCUT2D eigenvalue weighted by Gasteiger charge is -2.20. The van der Waals surface area contributed by atoms with Crippen molar-refractivity contribution < 1.29 is 9.59 Å². The quantitative estimate of drug-likeness (QED) is 0.735. The molecule has 0 atom stereocenters. The molecule has 5 heteroatoms. The van der Waals surface area contributed by atoms with Gasteiger partial charge < -0.3 is 10.6 Å². The first kappa shape index (κ1) is 14.3. The topological polar surface area (TPSA) is 58.2 Å². The number of alkyl halides is 1. The van der Waals surface area contributed by atoms with E-state index >= 15 is 0 Å². The van der Waals surface area contributed by atoms with Crippen molar-refractivity contribution >= 4 is 23.4 Å². The first-order valence-corrected chi connectivity index (χ1v) is 6.63. The summed E-state index contributed by atoms with van der Waals surface area (Å²) in [5.41, 5.74) is -0.630. The Kier molecular flexibility index (Phi) is 5.25. The smallest absolute Gasteiger partial charge is 0.239 e. The van der Waals surface area contributed by atoms with Gasteiger partial charge in [-0.3, -0.25) is 9.59 Å². The molecule has 0 radical (unpaired) electrons. The maximum absolute atomic E-state index is 11.7. The van der Waals surface area contributed by atoms with Crippen molar-refractivity contribution in [3.63, 3.8) is 0 Å². The third-order valence-electron chi connectivity index (χ3n) is 3.08. The number of halogens is 1. The predicted octanol–water partition coefficient (Wildman–Crippen LogP) is 1.43. The molecule has 98 valence electrons. The van der Waals surface area contributed by atoms with Gasteiger partial charge in [0.1, 0.15) is 0 Å². The highest BCUT2D eigenvalue weighted by molar-refractivity contribution is 6.19. The Hall–Kier alpha value is -0.770. The Morgan fingerprint density at radius 3 is 2.41 bits per heavy atom. The lowest BCUT2D eigenvalue weighted by atomic mass is 9.95. The molecule has 1 rings (SSSR count). The molecule has 0 heterocycles. The second kappa shape index (κ2) is 6.24. The zero-order valence-corrected chi connectivity index (χ0v) is 11.3. The molecule has 2 amide bonds. The zero-order chi connectivity index (χ0) is 12.9. The van der Waals surface area contributed by atoms with Crippen LogP contribution < -0.4 is 10.6 Å². The SMILES string of the molecule is CC(C)(CCl)C(=O)NCC(=O)NC1CCCC1. The first-order chi connectivity index (χ1) is 7.95. The monoisotopic (exact) mass is 260 g/mol. The van der Waals surface area contributed by atoms with Crippen LogP contribution in [0.3, 0.4) is 0 Å². The Bertz CT molecular complexity index is 286. The minimum Gasteiger partial charge on any atom is -0.352 e. The lowest BCUT2D eigenvalue weighted by molar-refractivity contribution is -0.131. The highest BCUT2D eigenvalue weighted by atomic mass is 35.5. The fourth-order valence-electron chi connectivity index (χ4n) is 1.81. The van der Waals surface area contributed by atoms with E-state index in [1.54, 1.807) is 13.8 Å². The molecule has 0 aromatic rings. The van der Waals surface area contributed by atoms with E-state index in [4.69, 9.17) is 11.6 Å². The lowest BCUT2D eigenvalue weighted by Crippen LogP contribution is -2.45. The van der Waals surface area contributed by atoms with Crippen LogP contribution in [0.5, 0.6) is 0 Å². The van der Waals surface area contributed by atoms with E-state index in [1.165, 1.54) is 12.8 Å². The average Bonchev–Trinajstić information content (AvgIpc) is 2.78. The summed E-state index contributed by atoms with van der Waals surface area (Å²) in [7, 11) is 0. The van der Waals surface area contributed by atoms with Crippen molar-refractivity contribution in [3.05, 3.63) is 0 Å². The van der Waals surface area contributed by atoms with Crippen molar-refractivity contribution in [2.45, 2.75) is 45.6 Å². The van der Waals surface area contributed by atoms with Crippen LogP contribution in [0.4, 0.5) is 0 Å². The van der Waals surface area contributed by atoms with Gasteiger partial charge in [-0.15, -0.1) is 11.6 Å². The molecular weight excluding hydrogens is 240 g/mol. The number of carbonyl (C=O) groups is 2. The molecule has 0 bridgehead atoms. The van der Waals surface area contributed by atoms with Gasteiger partial charge in [0.2, 0.25) is 11.8 Å². The van der Waals surface area contributed by atoms with Crippen molar-refractivity contribution in [1.29, 1.82) is 0 Å². The number of nitrogens with one attached hydrogen (secondary N) is 2. The first-order valence-electron chi connectivity index (χ1n) is 6.09. The number of hydrogen-bond donors (Lipinski definition) is 2. The van der Waals surface area contributed by atoms with Crippen molar-refractivity contribution in [2.24, 2.45) is 5.41 Å². The van der Waals surface area contributed by atoms with Crippen LogP contribution >= 0.6 is 11.6 Å². The molecule has 0 aromatic carbocycles. The maximum atomic E-state index is 11.7. The number of amides is 2. The zero-order valence-electron chi connectivity index (χ0n) is 10.5. The summed E-state index contributed by atoms with van der Waals surface area (Å²) in [6.45, 7) is 3.55. The standard InChI is InChI=1S/C12H21ClN2O2/c1-12(2,8-13)11(17)14-7-10(16)15-9-5-3-4-6-9/h9H,3-8H2,1-2H3,(H,14,17)(H,15,16). The van der Waals surface area contributed by atoms with Gasteiger partial charge in [-0.1, -0.05) is 12.8 Å². The van der Waals surface area contributed by atoms with E-state index in [-0.39, 0.29) is 24.2 Å². The highest BCUT2D eigenvalue weighted by Gasteiger charge is 2.26. The van der Waals surface area contributed by atoms with E-state index in [0.717, 1.165) is 12.8 Å². The molecular formula is C12H21ClN2O2. The second-order valence-corrected chi connectivity index (χ2v) is 5.52. The van der Waals surface area contributed by atoms with Crippen LogP contribution in [0.15, 0.2) is 0 Å². The third kappa shape index (κ3) is 4.54. The molecule has 17 heavy (non-hydrogen) atoms. The minimum atomic E-state index is -0.630. The fraction of sp³-hybridized carbons (Fsp3) is 0.833. The Labute approximate surface area is 107 Å². The van der Waals surface area contributed by atoms with Crippen LogP contribution in [-0.2, 0) is 9.59 Å². The van der Waals surface area contributed by atoms with Crippen LogP contribution in [-0.4, -0.2) is 30.3 Å². The predicted molar refractivity (Wildman–Crippen MR) is 67.9 cm³/mol. The number of hydrogen-bond acceptors (Lipinski definition) is 2. The van der Waals surface area contributed by atoms with Gasteiger partial charge in [0.05, 0.1) is 12.0 Å². The normalized spacial score (nSPS) is 16.9. The highest BCUT2D eigenvalue weighted by Crippen LogP contribution is 2.18. The van der Waals surface area contributed by atoms with Gasteiger partial charge in [0.25, 0.3) is 0 Å². The van der Waals surface area contributed by atoms with Crippen LogP contribution in [0, 0.1) is 5.41 Å². The molecule has 2 N–H and O–H groups in total. The van der Waals surface area contributed by atoms with E-state index < -0.39 is 5.41 Å². The molecule has 1 fully saturated rings. The van der Waals surface area contributed by atoms with E-state index in [2.05, 4.69) is 10.6 Å². The van der Waals surface area contributed by atoms with Crippen LogP contribution in [0.2, 0.25) is 0 Å². The van der Waals surface area contributed by atoms with Gasteiger partial charge in [0.15, 0.2) is 0 Å². The Morgan fingerprint density at radius 2 is 1.88 bits per heavy atom. The summed E-state index contributed by atoms with van der Waals surface area (Å²) in [4.78, 5) is 23.2. The maximum Gasteiger partial charge on any atom is 0.239 e. The summed E-state index contributed by atoms with van der Waals surface area (Å²) in [6.07, 6.45) is 4.45. The summed E-state index contributed by atoms with van der Waals surface area (Å²) in [5, 5.41) is 5.53. The molecule has 0 spiro atoms. The number of carbonyl (C=O) groups excluding carboxylic acids is 2. The van der Waals surface area contributed by atoms with Gasteiger partial charge in [-0.2, -0.15) is 0 Å². The largest absolute Gasteiger partial charge is 0.352 e. The average molecular weight is 261 g/mol. The summed E-state index contributed by atoms with van der Waals surface area (Å²) in [5.74, 6) is -0.0620. The fourth-order valence-corrected chi connectivity index (χ4v) is 1.93. The van der Waals surface area contributed by atoms with Crippen LogP contribution in [0.1, 0.15) is 39.5 Å². The van der Waals surface area contributed by atoms with Crippen molar-refractivity contribution in [1.82, 2.24) is 10.6 Å². The summed E-state index contributed by atoms with van der Waals surface area (Å²) < 4.78 is 0.